The molecule has 0 bridgehead atoms. The molecule has 2 aromatic rings. The Balaban J connectivity index is 1.60. The van der Waals surface area contributed by atoms with Crippen LogP contribution in [0, 0.1) is 0 Å². The van der Waals surface area contributed by atoms with Crippen LogP contribution in [-0.4, -0.2) is 79.2 Å². The van der Waals surface area contributed by atoms with Gasteiger partial charge in [0.2, 0.25) is 5.91 Å². The summed E-state index contributed by atoms with van der Waals surface area (Å²) in [7, 11) is 3.34. The van der Waals surface area contributed by atoms with Gasteiger partial charge in [-0.15, -0.1) is 0 Å². The molecule has 1 fully saturated rings. The molecular formula is C21H28N4O4. The average molecular weight is 400 g/mol. The molecular weight excluding hydrogens is 372 g/mol. The molecule has 3 rings (SSSR count). The summed E-state index contributed by atoms with van der Waals surface area (Å²) in [6.45, 7) is 3.85. The van der Waals surface area contributed by atoms with Gasteiger partial charge in [-0.1, -0.05) is 18.2 Å². The predicted molar refractivity (Wildman–Crippen MR) is 111 cm³/mol. The number of rotatable bonds is 7. The molecule has 1 aromatic heterocycles. The second-order valence-electron chi connectivity index (χ2n) is 7.24. The summed E-state index contributed by atoms with van der Waals surface area (Å²) >= 11 is 0. The number of amides is 2. The van der Waals surface area contributed by atoms with Gasteiger partial charge in [-0.3, -0.25) is 19.3 Å². The largest absolute Gasteiger partial charge is 0.385 e. The molecule has 0 spiro atoms. The number of hydrogen-bond donors (Lipinski definition) is 1. The number of para-hydroxylation sites is 1. The van der Waals surface area contributed by atoms with E-state index in [2.05, 4.69) is 5.32 Å². The van der Waals surface area contributed by atoms with E-state index >= 15 is 0 Å². The first kappa shape index (κ1) is 21.0. The number of fused-ring (bicyclic) bond motifs is 1. The van der Waals surface area contributed by atoms with E-state index in [0.29, 0.717) is 51.4 Å². The van der Waals surface area contributed by atoms with Crippen LogP contribution in [0.15, 0.2) is 35.1 Å². The molecule has 8 nitrogen and oxygen atoms in total. The Morgan fingerprint density at radius 3 is 2.59 bits per heavy atom. The molecule has 2 amide bonds. The van der Waals surface area contributed by atoms with Crippen molar-refractivity contribution in [3.63, 3.8) is 0 Å². The second-order valence-corrected chi connectivity index (χ2v) is 7.24. The number of methoxy groups -OCH3 is 1. The zero-order valence-electron chi connectivity index (χ0n) is 17.0. The highest BCUT2D eigenvalue weighted by Gasteiger charge is 2.25. The maximum atomic E-state index is 13.1. The molecule has 8 heteroatoms. The minimum atomic E-state index is -0.198. The zero-order chi connectivity index (χ0) is 20.8. The number of aryl methyl sites for hydroxylation is 1. The maximum absolute atomic E-state index is 13.1. The van der Waals surface area contributed by atoms with Crippen LogP contribution in [-0.2, 0) is 16.6 Å². The number of piperazine rings is 1. The number of nitrogens with zero attached hydrogens (tertiary/aromatic N) is 3. The lowest BCUT2D eigenvalue weighted by Crippen LogP contribution is -2.51. The number of carbonyl (C=O) groups is 2. The van der Waals surface area contributed by atoms with E-state index in [1.54, 1.807) is 23.6 Å². The van der Waals surface area contributed by atoms with Crippen molar-refractivity contribution in [3.8, 4) is 0 Å². The highest BCUT2D eigenvalue weighted by Crippen LogP contribution is 2.18. The summed E-state index contributed by atoms with van der Waals surface area (Å²) < 4.78 is 6.52. The van der Waals surface area contributed by atoms with Gasteiger partial charge < -0.3 is 19.5 Å². The SMILES string of the molecule is COCCCNC(=O)CN1CCN(C(=O)c2cc(=O)n(C)c3ccccc23)CC1. The van der Waals surface area contributed by atoms with Crippen LogP contribution >= 0.6 is 0 Å². The molecule has 0 aliphatic carbocycles. The van der Waals surface area contributed by atoms with Crippen molar-refractivity contribution >= 4 is 22.7 Å². The van der Waals surface area contributed by atoms with Crippen LogP contribution < -0.4 is 10.9 Å². The van der Waals surface area contributed by atoms with Crippen molar-refractivity contribution < 1.29 is 14.3 Å². The summed E-state index contributed by atoms with van der Waals surface area (Å²) in [4.78, 5) is 41.2. The Morgan fingerprint density at radius 2 is 1.86 bits per heavy atom. The molecule has 0 radical (unpaired) electrons. The highest BCUT2D eigenvalue weighted by molar-refractivity contribution is 6.06. The van der Waals surface area contributed by atoms with Gasteiger partial charge in [-0.25, -0.2) is 0 Å². The molecule has 0 atom stereocenters. The quantitative estimate of drug-likeness (QED) is 0.683. The molecule has 29 heavy (non-hydrogen) atoms. The minimum Gasteiger partial charge on any atom is -0.385 e. The summed E-state index contributed by atoms with van der Waals surface area (Å²) in [5, 5.41) is 3.65. The fourth-order valence-electron chi connectivity index (χ4n) is 3.57. The molecule has 1 aliphatic heterocycles. The first-order valence-electron chi connectivity index (χ1n) is 9.87. The van der Waals surface area contributed by atoms with Crippen LogP contribution in [0.1, 0.15) is 16.8 Å². The van der Waals surface area contributed by atoms with E-state index in [0.717, 1.165) is 17.3 Å². The Kier molecular flexibility index (Phi) is 7.00. The number of carbonyl (C=O) groups excluding carboxylic acids is 2. The molecule has 1 aromatic carbocycles. The van der Waals surface area contributed by atoms with Gasteiger partial charge in [0.25, 0.3) is 11.5 Å². The van der Waals surface area contributed by atoms with Crippen LogP contribution in [0.4, 0.5) is 0 Å². The third-order valence-electron chi connectivity index (χ3n) is 5.26. The lowest BCUT2D eigenvalue weighted by atomic mass is 10.1. The lowest BCUT2D eigenvalue weighted by molar-refractivity contribution is -0.122. The van der Waals surface area contributed by atoms with E-state index in [-0.39, 0.29) is 17.4 Å². The average Bonchev–Trinajstić information content (AvgIpc) is 2.74. The van der Waals surface area contributed by atoms with Crippen molar-refractivity contribution in [1.29, 1.82) is 0 Å². The van der Waals surface area contributed by atoms with Crippen molar-refractivity contribution in [3.05, 3.63) is 46.2 Å². The van der Waals surface area contributed by atoms with E-state index in [1.807, 2.05) is 29.2 Å². The maximum Gasteiger partial charge on any atom is 0.254 e. The van der Waals surface area contributed by atoms with Crippen LogP contribution in [0.3, 0.4) is 0 Å². The molecule has 0 unspecified atom stereocenters. The Labute approximate surface area is 170 Å². The third kappa shape index (κ3) is 5.02. The first-order chi connectivity index (χ1) is 14.0. The van der Waals surface area contributed by atoms with Crippen LogP contribution in [0.25, 0.3) is 10.9 Å². The van der Waals surface area contributed by atoms with Crippen LogP contribution in [0.5, 0.6) is 0 Å². The smallest absolute Gasteiger partial charge is 0.254 e. The summed E-state index contributed by atoms with van der Waals surface area (Å²) in [5.74, 6) is -0.152. The standard InChI is InChI=1S/C21H28N4O4/c1-23-18-7-4-3-6-16(18)17(14-20(23)27)21(28)25-11-9-24(10-12-25)15-19(26)22-8-5-13-29-2/h3-4,6-7,14H,5,8-13,15H2,1-2H3,(H,22,26). The topological polar surface area (TPSA) is 83.9 Å². The molecule has 1 aliphatic rings. The number of ether oxygens (including phenoxy) is 1. The van der Waals surface area contributed by atoms with Gasteiger partial charge in [0.05, 0.1) is 17.6 Å². The zero-order valence-corrected chi connectivity index (χ0v) is 17.0. The van der Waals surface area contributed by atoms with E-state index in [1.165, 1.54) is 6.07 Å². The summed E-state index contributed by atoms with van der Waals surface area (Å²) in [6, 6.07) is 8.86. The lowest BCUT2D eigenvalue weighted by Gasteiger charge is -2.34. The number of hydrogen-bond acceptors (Lipinski definition) is 5. The van der Waals surface area contributed by atoms with Gasteiger partial charge in [0.1, 0.15) is 0 Å². The summed E-state index contributed by atoms with van der Waals surface area (Å²) in [6.07, 6.45) is 0.787. The van der Waals surface area contributed by atoms with Crippen molar-refractivity contribution in [1.82, 2.24) is 19.7 Å². The van der Waals surface area contributed by atoms with Crippen molar-refractivity contribution in [2.45, 2.75) is 6.42 Å². The monoisotopic (exact) mass is 400 g/mol. The fourth-order valence-corrected chi connectivity index (χ4v) is 3.57. The van der Waals surface area contributed by atoms with E-state index in [9.17, 15) is 14.4 Å². The molecule has 1 N–H and O–H groups in total. The Bertz CT molecular complexity index is 932. The summed E-state index contributed by atoms with van der Waals surface area (Å²) in [5.41, 5.74) is 0.982. The third-order valence-corrected chi connectivity index (χ3v) is 5.26. The number of aromatic nitrogens is 1. The number of benzene rings is 1. The first-order valence-corrected chi connectivity index (χ1v) is 9.87. The highest BCUT2D eigenvalue weighted by atomic mass is 16.5. The molecule has 1 saturated heterocycles. The van der Waals surface area contributed by atoms with Crippen LogP contribution in [0.2, 0.25) is 0 Å². The number of pyridine rings is 1. The Morgan fingerprint density at radius 1 is 1.14 bits per heavy atom. The van der Waals surface area contributed by atoms with Crippen molar-refractivity contribution in [2.24, 2.45) is 7.05 Å². The fraction of sp³-hybridized carbons (Fsp3) is 0.476. The van der Waals surface area contributed by atoms with Gasteiger partial charge in [0.15, 0.2) is 0 Å². The van der Waals surface area contributed by atoms with Crippen molar-refractivity contribution in [2.75, 3.05) is 53.0 Å². The predicted octanol–water partition coefficient (Wildman–Crippen LogP) is 0.449. The molecule has 2 heterocycles. The Hall–Kier alpha value is -2.71. The van der Waals surface area contributed by atoms with Gasteiger partial charge >= 0.3 is 0 Å². The van der Waals surface area contributed by atoms with E-state index in [4.69, 9.17) is 4.74 Å². The normalized spacial score (nSPS) is 14.9. The van der Waals surface area contributed by atoms with Gasteiger partial charge in [-0.2, -0.15) is 0 Å². The van der Waals surface area contributed by atoms with E-state index < -0.39 is 0 Å². The second kappa shape index (κ2) is 9.67. The van der Waals surface area contributed by atoms with Gasteiger partial charge in [0, 0.05) is 64.9 Å². The minimum absolute atomic E-state index is 0.0153. The molecule has 0 saturated carbocycles. The number of nitrogens with one attached hydrogen (secondary N) is 1. The van der Waals surface area contributed by atoms with Gasteiger partial charge in [-0.05, 0) is 12.5 Å². The molecule has 156 valence electrons.